The summed E-state index contributed by atoms with van der Waals surface area (Å²) in [7, 11) is 0. The molecule has 1 N–H and O–H groups in total. The molecule has 1 amide bonds. The van der Waals surface area contributed by atoms with Crippen LogP contribution in [0.15, 0.2) is 72.3 Å². The minimum absolute atomic E-state index is 0.119. The van der Waals surface area contributed by atoms with Crippen molar-refractivity contribution in [2.75, 3.05) is 18.5 Å². The fraction of sp³-hybridized carbons (Fsp3) is 0.179. The number of hydrogen-bond donors (Lipinski definition) is 1. The Balaban J connectivity index is 1.72. The number of halogens is 1. The number of carbonyl (C=O) groups is 2. The second-order valence-electron chi connectivity index (χ2n) is 7.48. The molecule has 3 rings (SSSR count). The van der Waals surface area contributed by atoms with Crippen LogP contribution in [0, 0.1) is 17.1 Å². The van der Waals surface area contributed by atoms with Crippen LogP contribution in [0.5, 0.6) is 11.5 Å². The summed E-state index contributed by atoms with van der Waals surface area (Å²) in [4.78, 5) is 24.4. The van der Waals surface area contributed by atoms with E-state index in [0.29, 0.717) is 34.9 Å². The molecular weight excluding hydrogens is 463 g/mol. The lowest BCUT2D eigenvalue weighted by molar-refractivity contribution is -0.112. The zero-order valence-electron chi connectivity index (χ0n) is 19.9. The number of ether oxygens (including phenoxy) is 3. The Kier molecular flexibility index (Phi) is 9.18. The Bertz CT molecular complexity index is 1280. The van der Waals surface area contributed by atoms with Gasteiger partial charge < -0.3 is 19.5 Å². The lowest BCUT2D eigenvalue weighted by Crippen LogP contribution is -2.13. The summed E-state index contributed by atoms with van der Waals surface area (Å²) in [5.41, 5.74) is 2.02. The summed E-state index contributed by atoms with van der Waals surface area (Å²) in [5, 5.41) is 12.2. The number of nitriles is 1. The van der Waals surface area contributed by atoms with Gasteiger partial charge in [0.15, 0.2) is 11.5 Å². The summed E-state index contributed by atoms with van der Waals surface area (Å²) in [6.45, 7) is 4.41. The minimum atomic E-state index is -0.601. The van der Waals surface area contributed by atoms with Crippen LogP contribution in [0.25, 0.3) is 6.08 Å². The molecule has 0 spiro atoms. The van der Waals surface area contributed by atoms with Gasteiger partial charge in [-0.2, -0.15) is 5.26 Å². The topological polar surface area (TPSA) is 97.7 Å². The van der Waals surface area contributed by atoms with E-state index in [1.54, 1.807) is 49.4 Å². The first-order valence-electron chi connectivity index (χ1n) is 11.3. The SMILES string of the molecule is CCOC(=O)c1ccc(NC(=O)/C(C#N)=C/c2ccc(OCc3ccc(F)cc3)c(OCC)c2)cc1. The Morgan fingerprint density at radius 1 is 0.944 bits per heavy atom. The Morgan fingerprint density at radius 3 is 2.31 bits per heavy atom. The van der Waals surface area contributed by atoms with Crippen molar-refractivity contribution in [2.24, 2.45) is 0 Å². The molecule has 36 heavy (non-hydrogen) atoms. The highest BCUT2D eigenvalue weighted by atomic mass is 19.1. The van der Waals surface area contributed by atoms with E-state index in [1.165, 1.54) is 30.3 Å². The predicted molar refractivity (Wildman–Crippen MR) is 133 cm³/mol. The van der Waals surface area contributed by atoms with Crippen molar-refractivity contribution >= 4 is 23.6 Å². The zero-order valence-corrected chi connectivity index (χ0v) is 19.9. The molecule has 0 atom stereocenters. The lowest BCUT2D eigenvalue weighted by Gasteiger charge is -2.13. The predicted octanol–water partition coefficient (Wildman–Crippen LogP) is 5.53. The fourth-order valence-electron chi connectivity index (χ4n) is 3.16. The Hall–Kier alpha value is -4.64. The van der Waals surface area contributed by atoms with E-state index < -0.39 is 11.9 Å². The molecule has 0 aliphatic rings. The van der Waals surface area contributed by atoms with Crippen LogP contribution in [0.1, 0.15) is 35.3 Å². The van der Waals surface area contributed by atoms with Crippen molar-refractivity contribution in [3.8, 4) is 17.6 Å². The number of hydrogen-bond acceptors (Lipinski definition) is 6. The third kappa shape index (κ3) is 7.18. The number of amides is 1. The normalized spacial score (nSPS) is 10.8. The monoisotopic (exact) mass is 488 g/mol. The maximum Gasteiger partial charge on any atom is 0.338 e. The first-order chi connectivity index (χ1) is 17.4. The van der Waals surface area contributed by atoms with Crippen molar-refractivity contribution in [3.63, 3.8) is 0 Å². The molecule has 0 aliphatic carbocycles. The molecule has 0 aromatic heterocycles. The van der Waals surface area contributed by atoms with Gasteiger partial charge in [0.2, 0.25) is 0 Å². The number of benzene rings is 3. The highest BCUT2D eigenvalue weighted by molar-refractivity contribution is 6.09. The van der Waals surface area contributed by atoms with E-state index in [1.807, 2.05) is 13.0 Å². The van der Waals surface area contributed by atoms with E-state index in [-0.39, 0.29) is 24.6 Å². The highest BCUT2D eigenvalue weighted by Gasteiger charge is 2.13. The molecule has 0 unspecified atom stereocenters. The molecule has 3 aromatic rings. The van der Waals surface area contributed by atoms with Gasteiger partial charge in [0.05, 0.1) is 18.8 Å². The van der Waals surface area contributed by atoms with Gasteiger partial charge in [-0.15, -0.1) is 0 Å². The van der Waals surface area contributed by atoms with E-state index in [2.05, 4.69) is 5.32 Å². The average molecular weight is 489 g/mol. The molecule has 0 heterocycles. The molecule has 184 valence electrons. The van der Waals surface area contributed by atoms with Gasteiger partial charge in [-0.3, -0.25) is 4.79 Å². The van der Waals surface area contributed by atoms with E-state index in [9.17, 15) is 19.2 Å². The van der Waals surface area contributed by atoms with Gasteiger partial charge in [0, 0.05) is 5.69 Å². The van der Waals surface area contributed by atoms with Crippen LogP contribution in [0.2, 0.25) is 0 Å². The number of nitrogens with zero attached hydrogens (tertiary/aromatic N) is 1. The van der Waals surface area contributed by atoms with Gasteiger partial charge >= 0.3 is 5.97 Å². The highest BCUT2D eigenvalue weighted by Crippen LogP contribution is 2.30. The van der Waals surface area contributed by atoms with Gasteiger partial charge in [0.1, 0.15) is 24.1 Å². The summed E-state index contributed by atoms with van der Waals surface area (Å²) in [6, 6.07) is 19.1. The molecule has 0 bridgehead atoms. The lowest BCUT2D eigenvalue weighted by atomic mass is 10.1. The van der Waals surface area contributed by atoms with E-state index in [0.717, 1.165) is 5.56 Å². The maximum absolute atomic E-state index is 13.1. The molecule has 0 radical (unpaired) electrons. The molecule has 3 aromatic carbocycles. The number of anilines is 1. The largest absolute Gasteiger partial charge is 0.490 e. The van der Waals surface area contributed by atoms with Crippen LogP contribution < -0.4 is 14.8 Å². The van der Waals surface area contributed by atoms with Gasteiger partial charge in [-0.25, -0.2) is 9.18 Å². The Morgan fingerprint density at radius 2 is 1.67 bits per heavy atom. The van der Waals surface area contributed by atoms with Crippen LogP contribution in [-0.4, -0.2) is 25.1 Å². The molecule has 0 saturated heterocycles. The van der Waals surface area contributed by atoms with Crippen molar-refractivity contribution in [2.45, 2.75) is 20.5 Å². The third-order valence-electron chi connectivity index (χ3n) is 4.91. The summed E-state index contributed by atoms with van der Waals surface area (Å²) in [5.74, 6) is -0.460. The standard InChI is InChI=1S/C28H25FN2O5/c1-3-34-26-16-20(7-14-25(26)36-18-19-5-10-23(29)11-6-19)15-22(17-30)27(32)31-24-12-8-21(9-13-24)28(33)35-4-2/h5-16H,3-4,18H2,1-2H3,(H,31,32)/b22-15+. The molecule has 0 saturated carbocycles. The number of esters is 1. The second kappa shape index (κ2) is 12.7. The van der Waals surface area contributed by atoms with Gasteiger partial charge in [-0.1, -0.05) is 18.2 Å². The molecule has 8 heteroatoms. The quantitative estimate of drug-likeness (QED) is 0.229. The van der Waals surface area contributed by atoms with Crippen LogP contribution in [0.4, 0.5) is 10.1 Å². The first kappa shape index (κ1) is 26.0. The molecule has 0 fully saturated rings. The zero-order chi connectivity index (χ0) is 25.9. The molecular formula is C28H25FN2O5. The summed E-state index contributed by atoms with van der Waals surface area (Å²) in [6.07, 6.45) is 1.44. The third-order valence-corrected chi connectivity index (χ3v) is 4.91. The van der Waals surface area contributed by atoms with Crippen molar-refractivity contribution in [1.82, 2.24) is 0 Å². The van der Waals surface area contributed by atoms with Crippen LogP contribution >= 0.6 is 0 Å². The number of carbonyl (C=O) groups excluding carboxylic acids is 2. The molecule has 7 nitrogen and oxygen atoms in total. The molecule has 0 aliphatic heterocycles. The van der Waals surface area contributed by atoms with Crippen molar-refractivity contribution < 1.29 is 28.2 Å². The number of rotatable bonds is 10. The summed E-state index contributed by atoms with van der Waals surface area (Å²) < 4.78 is 29.5. The first-order valence-corrected chi connectivity index (χ1v) is 11.3. The van der Waals surface area contributed by atoms with Crippen LogP contribution in [0.3, 0.4) is 0 Å². The van der Waals surface area contributed by atoms with E-state index in [4.69, 9.17) is 14.2 Å². The smallest absolute Gasteiger partial charge is 0.338 e. The average Bonchev–Trinajstić information content (AvgIpc) is 2.88. The van der Waals surface area contributed by atoms with Gasteiger partial charge in [0.25, 0.3) is 5.91 Å². The fourth-order valence-corrected chi connectivity index (χ4v) is 3.16. The second-order valence-corrected chi connectivity index (χ2v) is 7.48. The summed E-state index contributed by atoms with van der Waals surface area (Å²) >= 11 is 0. The minimum Gasteiger partial charge on any atom is -0.490 e. The van der Waals surface area contributed by atoms with Crippen molar-refractivity contribution in [3.05, 3.63) is 94.8 Å². The van der Waals surface area contributed by atoms with Crippen LogP contribution in [-0.2, 0) is 16.1 Å². The van der Waals surface area contributed by atoms with Crippen molar-refractivity contribution in [1.29, 1.82) is 5.26 Å². The number of nitrogens with one attached hydrogen (secondary N) is 1. The van der Waals surface area contributed by atoms with Gasteiger partial charge in [-0.05, 0) is 79.6 Å². The van der Waals surface area contributed by atoms with E-state index >= 15 is 0 Å². The Labute approximate surface area is 208 Å². The maximum atomic E-state index is 13.1.